The molecular formula is C16H30. The molecule has 2 saturated carbocycles. The van der Waals surface area contributed by atoms with E-state index in [0.29, 0.717) is 0 Å². The average molecular weight is 222 g/mol. The first-order valence-electron chi connectivity index (χ1n) is 7.88. The van der Waals surface area contributed by atoms with Crippen LogP contribution in [0.3, 0.4) is 0 Å². The summed E-state index contributed by atoms with van der Waals surface area (Å²) in [7, 11) is 0. The molecule has 3 unspecified atom stereocenters. The van der Waals surface area contributed by atoms with Crippen LogP contribution >= 0.6 is 0 Å². The van der Waals surface area contributed by atoms with Crippen molar-refractivity contribution in [2.24, 2.45) is 17.8 Å². The fourth-order valence-corrected chi connectivity index (χ4v) is 4.06. The minimum Gasteiger partial charge on any atom is -0.0654 e. The molecule has 2 fully saturated rings. The predicted molar refractivity (Wildman–Crippen MR) is 71.5 cm³/mol. The largest absolute Gasteiger partial charge is 0.0654 e. The van der Waals surface area contributed by atoms with Crippen LogP contribution in [0.2, 0.25) is 0 Å². The molecule has 0 saturated heterocycles. The van der Waals surface area contributed by atoms with Gasteiger partial charge in [0.05, 0.1) is 0 Å². The number of hydrogen-bond donors (Lipinski definition) is 0. The van der Waals surface area contributed by atoms with Crippen molar-refractivity contribution in [3.05, 3.63) is 0 Å². The van der Waals surface area contributed by atoms with Gasteiger partial charge >= 0.3 is 0 Å². The van der Waals surface area contributed by atoms with Gasteiger partial charge in [-0.05, 0) is 30.6 Å². The Labute approximate surface area is 102 Å². The maximum atomic E-state index is 2.31. The Morgan fingerprint density at radius 1 is 0.812 bits per heavy atom. The summed E-state index contributed by atoms with van der Waals surface area (Å²) in [6.07, 6.45) is 18.3. The first kappa shape index (κ1) is 12.5. The van der Waals surface area contributed by atoms with Crippen molar-refractivity contribution in [1.82, 2.24) is 0 Å². The lowest BCUT2D eigenvalue weighted by atomic mass is 9.80. The topological polar surface area (TPSA) is 0 Å². The van der Waals surface area contributed by atoms with Crippen molar-refractivity contribution >= 4 is 0 Å². The molecule has 0 N–H and O–H groups in total. The Balaban J connectivity index is 1.69. The van der Waals surface area contributed by atoms with Crippen LogP contribution in [-0.4, -0.2) is 0 Å². The van der Waals surface area contributed by atoms with Gasteiger partial charge in [0.1, 0.15) is 0 Å². The molecule has 2 aliphatic rings. The molecular weight excluding hydrogens is 192 g/mol. The first-order valence-corrected chi connectivity index (χ1v) is 7.88. The summed E-state index contributed by atoms with van der Waals surface area (Å²) < 4.78 is 0. The van der Waals surface area contributed by atoms with Gasteiger partial charge < -0.3 is 0 Å². The van der Waals surface area contributed by atoms with Gasteiger partial charge in [-0.1, -0.05) is 71.1 Å². The van der Waals surface area contributed by atoms with E-state index in [-0.39, 0.29) is 0 Å². The van der Waals surface area contributed by atoms with E-state index in [4.69, 9.17) is 0 Å². The van der Waals surface area contributed by atoms with Crippen LogP contribution in [-0.2, 0) is 0 Å². The van der Waals surface area contributed by atoms with Gasteiger partial charge in [-0.2, -0.15) is 0 Å². The molecule has 16 heavy (non-hydrogen) atoms. The number of hydrogen-bond acceptors (Lipinski definition) is 0. The van der Waals surface area contributed by atoms with Crippen molar-refractivity contribution in [3.63, 3.8) is 0 Å². The molecule has 0 spiro atoms. The lowest BCUT2D eigenvalue weighted by molar-refractivity contribution is 0.261. The summed E-state index contributed by atoms with van der Waals surface area (Å²) in [5, 5.41) is 0. The maximum Gasteiger partial charge on any atom is -0.0409 e. The quantitative estimate of drug-likeness (QED) is 0.534. The van der Waals surface area contributed by atoms with E-state index in [1.165, 1.54) is 32.1 Å². The van der Waals surface area contributed by atoms with Crippen molar-refractivity contribution in [2.45, 2.75) is 84.0 Å². The minimum atomic E-state index is 1.10. The van der Waals surface area contributed by atoms with Crippen molar-refractivity contribution in [2.75, 3.05) is 0 Å². The van der Waals surface area contributed by atoms with Crippen LogP contribution in [0.15, 0.2) is 0 Å². The fourth-order valence-electron chi connectivity index (χ4n) is 4.06. The van der Waals surface area contributed by atoms with E-state index in [9.17, 15) is 0 Å². The third-order valence-electron chi connectivity index (χ3n) is 5.01. The van der Waals surface area contributed by atoms with Gasteiger partial charge in [-0.3, -0.25) is 0 Å². The van der Waals surface area contributed by atoms with Crippen LogP contribution in [0.5, 0.6) is 0 Å². The summed E-state index contributed by atoms with van der Waals surface area (Å²) in [5.41, 5.74) is 0. The zero-order valence-electron chi connectivity index (χ0n) is 11.2. The maximum absolute atomic E-state index is 2.31. The summed E-state index contributed by atoms with van der Waals surface area (Å²) in [4.78, 5) is 0. The van der Waals surface area contributed by atoms with Gasteiger partial charge in [0, 0.05) is 0 Å². The van der Waals surface area contributed by atoms with E-state index in [0.717, 1.165) is 17.8 Å². The lowest BCUT2D eigenvalue weighted by Gasteiger charge is -2.26. The summed E-state index contributed by atoms with van der Waals surface area (Å²) in [5.74, 6) is 3.35. The van der Waals surface area contributed by atoms with Gasteiger partial charge in [0.15, 0.2) is 0 Å². The molecule has 0 aromatic rings. The number of unbranched alkanes of at least 4 members (excludes halogenated alkanes) is 3. The molecule has 0 heteroatoms. The predicted octanol–water partition coefficient (Wildman–Crippen LogP) is 5.56. The molecule has 2 bridgehead atoms. The van der Waals surface area contributed by atoms with E-state index in [1.807, 2.05) is 0 Å². The fraction of sp³-hybridized carbons (Fsp3) is 1.00. The third-order valence-corrected chi connectivity index (χ3v) is 5.01. The second kappa shape index (κ2) is 6.67. The number of rotatable bonds is 5. The Morgan fingerprint density at radius 2 is 1.69 bits per heavy atom. The molecule has 0 amide bonds. The van der Waals surface area contributed by atoms with Crippen molar-refractivity contribution < 1.29 is 0 Å². The molecule has 0 nitrogen and oxygen atoms in total. The van der Waals surface area contributed by atoms with Crippen molar-refractivity contribution in [1.29, 1.82) is 0 Å². The Bertz CT molecular complexity index is 184. The molecule has 2 rings (SSSR count). The highest BCUT2D eigenvalue weighted by Crippen LogP contribution is 2.41. The van der Waals surface area contributed by atoms with Gasteiger partial charge in [-0.25, -0.2) is 0 Å². The average Bonchev–Trinajstić information content (AvgIpc) is 2.44. The SMILES string of the molecule is CCCCCCC1CCC2CCCC(C1)C2. The molecule has 0 aromatic carbocycles. The molecule has 0 heterocycles. The minimum absolute atomic E-state index is 1.10. The monoisotopic (exact) mass is 222 g/mol. The second-order valence-corrected chi connectivity index (χ2v) is 6.43. The molecule has 0 radical (unpaired) electrons. The molecule has 3 atom stereocenters. The summed E-state index contributed by atoms with van der Waals surface area (Å²) in [6, 6.07) is 0. The highest BCUT2D eigenvalue weighted by molar-refractivity contribution is 4.80. The first-order chi connectivity index (χ1) is 7.88. The Morgan fingerprint density at radius 3 is 2.56 bits per heavy atom. The normalized spacial score (nSPS) is 34.7. The summed E-state index contributed by atoms with van der Waals surface area (Å²) >= 11 is 0. The van der Waals surface area contributed by atoms with E-state index < -0.39 is 0 Å². The highest BCUT2D eigenvalue weighted by atomic mass is 14.3. The smallest absolute Gasteiger partial charge is 0.0409 e. The third kappa shape index (κ3) is 3.79. The van der Waals surface area contributed by atoms with Gasteiger partial charge in [0.2, 0.25) is 0 Å². The Hall–Kier alpha value is 0. The molecule has 2 aliphatic carbocycles. The van der Waals surface area contributed by atoms with Crippen LogP contribution in [0.25, 0.3) is 0 Å². The molecule has 94 valence electrons. The van der Waals surface area contributed by atoms with Gasteiger partial charge in [0.25, 0.3) is 0 Å². The van der Waals surface area contributed by atoms with Crippen LogP contribution in [0.4, 0.5) is 0 Å². The van der Waals surface area contributed by atoms with Crippen molar-refractivity contribution in [3.8, 4) is 0 Å². The lowest BCUT2D eigenvalue weighted by Crippen LogP contribution is -2.13. The molecule has 0 aliphatic heterocycles. The Kier molecular flexibility index (Phi) is 5.19. The zero-order valence-corrected chi connectivity index (χ0v) is 11.2. The summed E-state index contributed by atoms with van der Waals surface area (Å²) in [6.45, 7) is 2.31. The van der Waals surface area contributed by atoms with Gasteiger partial charge in [-0.15, -0.1) is 0 Å². The standard InChI is InChI=1S/C16H30/c1-2-3-4-5-7-14-10-11-15-8-6-9-16(12-14)13-15/h14-16H,2-13H2,1H3. The van der Waals surface area contributed by atoms with Crippen LogP contribution in [0, 0.1) is 17.8 Å². The van der Waals surface area contributed by atoms with Crippen LogP contribution in [0.1, 0.15) is 84.0 Å². The van der Waals surface area contributed by atoms with E-state index in [2.05, 4.69) is 6.92 Å². The second-order valence-electron chi connectivity index (χ2n) is 6.43. The van der Waals surface area contributed by atoms with Crippen LogP contribution < -0.4 is 0 Å². The van der Waals surface area contributed by atoms with E-state index >= 15 is 0 Å². The number of fused-ring (bicyclic) bond motifs is 2. The zero-order chi connectivity index (χ0) is 11.2. The highest BCUT2D eigenvalue weighted by Gasteiger charge is 2.28. The molecule has 0 aromatic heterocycles. The van der Waals surface area contributed by atoms with E-state index in [1.54, 1.807) is 44.9 Å².